The van der Waals surface area contributed by atoms with Crippen molar-refractivity contribution in [1.82, 2.24) is 9.55 Å². The lowest BCUT2D eigenvalue weighted by Gasteiger charge is -2.26. The van der Waals surface area contributed by atoms with Crippen LogP contribution in [-0.4, -0.2) is 33.2 Å². The fraction of sp³-hybridized carbons (Fsp3) is 0.583. The van der Waals surface area contributed by atoms with Gasteiger partial charge in [-0.3, -0.25) is 9.59 Å². The molecule has 0 aliphatic heterocycles. The Morgan fingerprint density at radius 3 is 2.72 bits per heavy atom. The molecular formula is C12H19N3O3. The number of hydrogen-bond donors (Lipinski definition) is 1. The Morgan fingerprint density at radius 2 is 2.22 bits per heavy atom. The molecule has 0 saturated carbocycles. The zero-order valence-corrected chi connectivity index (χ0v) is 11.0. The van der Waals surface area contributed by atoms with E-state index in [2.05, 4.69) is 4.98 Å². The largest absolute Gasteiger partial charge is 0.481 e. The second-order valence-electron chi connectivity index (χ2n) is 4.27. The normalized spacial score (nSPS) is 10.7. The number of carboxylic acids is 1. The van der Waals surface area contributed by atoms with E-state index >= 15 is 0 Å². The summed E-state index contributed by atoms with van der Waals surface area (Å²) in [6.45, 7) is 6.54. The molecule has 18 heavy (non-hydrogen) atoms. The summed E-state index contributed by atoms with van der Waals surface area (Å²) in [6.07, 6.45) is 3.18. The van der Waals surface area contributed by atoms with Crippen molar-refractivity contribution in [1.29, 1.82) is 0 Å². The number of hydrogen-bond acceptors (Lipinski definition) is 4. The highest BCUT2D eigenvalue weighted by Gasteiger charge is 2.17. The molecule has 1 rings (SSSR count). The maximum Gasteiger partial charge on any atom is 0.305 e. The molecule has 0 aliphatic carbocycles. The highest BCUT2D eigenvalue weighted by molar-refractivity contribution is 5.67. The summed E-state index contributed by atoms with van der Waals surface area (Å²) in [6, 6.07) is 0.0252. The molecule has 1 aromatic heterocycles. The molecule has 0 aromatic carbocycles. The van der Waals surface area contributed by atoms with Gasteiger partial charge in [-0.1, -0.05) is 0 Å². The molecule has 0 atom stereocenters. The van der Waals surface area contributed by atoms with Gasteiger partial charge < -0.3 is 14.6 Å². The van der Waals surface area contributed by atoms with Gasteiger partial charge in [0.2, 0.25) is 0 Å². The predicted molar refractivity (Wildman–Crippen MR) is 68.9 cm³/mol. The van der Waals surface area contributed by atoms with Crippen molar-refractivity contribution >= 4 is 11.8 Å². The van der Waals surface area contributed by atoms with E-state index in [-0.39, 0.29) is 24.6 Å². The topological polar surface area (TPSA) is 75.4 Å². The Kier molecular flexibility index (Phi) is 4.88. The molecule has 0 amide bonds. The molecule has 0 radical (unpaired) electrons. The third-order valence-electron chi connectivity index (χ3n) is 2.70. The van der Waals surface area contributed by atoms with Gasteiger partial charge in [0, 0.05) is 31.5 Å². The van der Waals surface area contributed by atoms with E-state index in [0.717, 1.165) is 0 Å². The van der Waals surface area contributed by atoms with E-state index in [1.54, 1.807) is 21.9 Å². The van der Waals surface area contributed by atoms with E-state index in [9.17, 15) is 9.59 Å². The maximum absolute atomic E-state index is 12.1. The van der Waals surface area contributed by atoms with Gasteiger partial charge in [-0.05, 0) is 20.8 Å². The number of carbonyl (C=O) groups is 1. The van der Waals surface area contributed by atoms with Crippen LogP contribution in [0.15, 0.2) is 17.2 Å². The molecular weight excluding hydrogens is 234 g/mol. The second kappa shape index (κ2) is 6.18. The number of aryl methyl sites for hydroxylation is 1. The minimum atomic E-state index is -0.882. The van der Waals surface area contributed by atoms with E-state index in [4.69, 9.17) is 5.11 Å². The minimum Gasteiger partial charge on any atom is -0.481 e. The molecule has 0 saturated heterocycles. The third kappa shape index (κ3) is 3.32. The molecule has 100 valence electrons. The van der Waals surface area contributed by atoms with Crippen LogP contribution in [0.2, 0.25) is 0 Å². The lowest BCUT2D eigenvalue weighted by Crippen LogP contribution is -2.39. The first-order valence-electron chi connectivity index (χ1n) is 6.01. The smallest absolute Gasteiger partial charge is 0.305 e. The summed E-state index contributed by atoms with van der Waals surface area (Å²) in [7, 11) is 0. The molecule has 0 bridgehead atoms. The van der Waals surface area contributed by atoms with Gasteiger partial charge in [-0.2, -0.15) is 0 Å². The Labute approximate surface area is 106 Å². The lowest BCUT2D eigenvalue weighted by molar-refractivity contribution is -0.136. The fourth-order valence-corrected chi connectivity index (χ4v) is 1.71. The number of aliphatic carboxylic acids is 1. The van der Waals surface area contributed by atoms with E-state index in [1.165, 1.54) is 0 Å². The van der Waals surface area contributed by atoms with Crippen LogP contribution in [0, 0.1) is 0 Å². The summed E-state index contributed by atoms with van der Waals surface area (Å²) >= 11 is 0. The summed E-state index contributed by atoms with van der Waals surface area (Å²) in [4.78, 5) is 28.5. The van der Waals surface area contributed by atoms with Gasteiger partial charge in [-0.15, -0.1) is 0 Å². The summed E-state index contributed by atoms with van der Waals surface area (Å²) in [5.74, 6) is -0.567. The molecule has 6 heteroatoms. The Morgan fingerprint density at radius 1 is 1.56 bits per heavy atom. The van der Waals surface area contributed by atoms with Crippen LogP contribution in [0.3, 0.4) is 0 Å². The van der Waals surface area contributed by atoms with Crippen molar-refractivity contribution < 1.29 is 9.90 Å². The predicted octanol–water partition coefficient (Wildman–Crippen LogP) is 0.953. The third-order valence-corrected chi connectivity index (χ3v) is 2.70. The van der Waals surface area contributed by atoms with E-state index in [0.29, 0.717) is 12.4 Å². The van der Waals surface area contributed by atoms with Gasteiger partial charge >= 0.3 is 5.97 Å². The molecule has 0 aliphatic rings. The number of carboxylic acid groups (broad SMARTS) is 1. The summed E-state index contributed by atoms with van der Waals surface area (Å²) in [5, 5.41) is 8.73. The number of anilines is 1. The molecule has 1 aromatic rings. The van der Waals surface area contributed by atoms with Crippen molar-refractivity contribution in [2.24, 2.45) is 0 Å². The highest BCUT2D eigenvalue weighted by atomic mass is 16.4. The summed E-state index contributed by atoms with van der Waals surface area (Å²) < 4.78 is 1.55. The zero-order valence-electron chi connectivity index (χ0n) is 11.0. The number of rotatable bonds is 6. The van der Waals surface area contributed by atoms with Crippen LogP contribution in [0.5, 0.6) is 0 Å². The van der Waals surface area contributed by atoms with Crippen molar-refractivity contribution in [3.8, 4) is 0 Å². The first-order chi connectivity index (χ1) is 8.47. The van der Waals surface area contributed by atoms with Crippen LogP contribution in [0.1, 0.15) is 27.2 Å². The molecule has 0 fully saturated rings. The number of nitrogens with zero attached hydrogens (tertiary/aromatic N) is 3. The molecule has 1 N–H and O–H groups in total. The second-order valence-corrected chi connectivity index (χ2v) is 4.27. The Hall–Kier alpha value is -1.85. The SMILES string of the molecule is CCn1ccnc(N(CCC(=O)O)C(C)C)c1=O. The van der Waals surface area contributed by atoms with E-state index in [1.807, 2.05) is 20.8 Å². The maximum atomic E-state index is 12.1. The standard InChI is InChI=1S/C12H19N3O3/c1-4-14-8-6-13-11(12(14)18)15(9(2)3)7-5-10(16)17/h6,8-9H,4-5,7H2,1-3H3,(H,16,17). The molecule has 6 nitrogen and oxygen atoms in total. The molecule has 1 heterocycles. The monoisotopic (exact) mass is 253 g/mol. The highest BCUT2D eigenvalue weighted by Crippen LogP contribution is 2.09. The minimum absolute atomic E-state index is 0.0136. The van der Waals surface area contributed by atoms with E-state index < -0.39 is 5.97 Å². The van der Waals surface area contributed by atoms with Crippen LogP contribution >= 0.6 is 0 Å². The van der Waals surface area contributed by atoms with Gasteiger partial charge in [0.15, 0.2) is 5.82 Å². The van der Waals surface area contributed by atoms with Gasteiger partial charge in [0.1, 0.15) is 0 Å². The van der Waals surface area contributed by atoms with Crippen molar-refractivity contribution in [2.45, 2.75) is 39.8 Å². The molecule has 0 spiro atoms. The zero-order chi connectivity index (χ0) is 13.7. The van der Waals surface area contributed by atoms with Gasteiger partial charge in [0.25, 0.3) is 5.56 Å². The molecule has 0 unspecified atom stereocenters. The van der Waals surface area contributed by atoms with Gasteiger partial charge in [-0.25, -0.2) is 4.98 Å². The van der Waals surface area contributed by atoms with Crippen LogP contribution < -0.4 is 10.5 Å². The van der Waals surface area contributed by atoms with Crippen LogP contribution in [0.4, 0.5) is 5.82 Å². The van der Waals surface area contributed by atoms with Gasteiger partial charge in [0.05, 0.1) is 6.42 Å². The van der Waals surface area contributed by atoms with Crippen molar-refractivity contribution in [3.05, 3.63) is 22.7 Å². The van der Waals surface area contributed by atoms with Crippen LogP contribution in [0.25, 0.3) is 0 Å². The fourth-order valence-electron chi connectivity index (χ4n) is 1.71. The average molecular weight is 253 g/mol. The first kappa shape index (κ1) is 14.2. The average Bonchev–Trinajstić information content (AvgIpc) is 2.30. The Bertz CT molecular complexity index is 468. The van der Waals surface area contributed by atoms with Crippen molar-refractivity contribution in [3.63, 3.8) is 0 Å². The first-order valence-corrected chi connectivity index (χ1v) is 6.01. The van der Waals surface area contributed by atoms with Crippen LogP contribution in [-0.2, 0) is 11.3 Å². The summed E-state index contributed by atoms with van der Waals surface area (Å²) in [5.41, 5.74) is -0.181. The Balaban J connectivity index is 3.06. The quantitative estimate of drug-likeness (QED) is 0.817. The lowest BCUT2D eigenvalue weighted by atomic mass is 10.3. The van der Waals surface area contributed by atoms with Crippen molar-refractivity contribution in [2.75, 3.05) is 11.4 Å². The number of aromatic nitrogens is 2.